The summed E-state index contributed by atoms with van der Waals surface area (Å²) in [6.45, 7) is 7.07. The highest BCUT2D eigenvalue weighted by molar-refractivity contribution is 6.07. The number of amides is 1. The molecule has 0 spiro atoms. The molecule has 0 bridgehead atoms. The van der Waals surface area contributed by atoms with Crippen LogP contribution in [0.3, 0.4) is 0 Å². The average Bonchev–Trinajstić information content (AvgIpc) is 3.36. The maximum Gasteiger partial charge on any atom is 0.417 e. The van der Waals surface area contributed by atoms with Crippen LogP contribution in [0.15, 0.2) is 47.7 Å². The number of aromatic amines is 1. The van der Waals surface area contributed by atoms with Crippen LogP contribution < -0.4 is 15.8 Å². The predicted octanol–water partition coefficient (Wildman–Crippen LogP) is 4.34. The average molecular weight is 602 g/mol. The summed E-state index contributed by atoms with van der Waals surface area (Å²) < 4.78 is 58.8. The molecule has 1 aromatic carbocycles. The molecule has 230 valence electrons. The van der Waals surface area contributed by atoms with Crippen molar-refractivity contribution in [3.05, 3.63) is 81.3 Å². The number of H-pyrrole nitrogens is 1. The molecule has 3 aromatic rings. The summed E-state index contributed by atoms with van der Waals surface area (Å²) in [4.78, 5) is 33.5. The SMILES string of the molecule is CC1CN(c2cc(F)c(C3=CCN(Cc4cnn(C)c4)CC3)cc2NC(=O)c2c[nH]c(=O)cc2C(F)(F)F)CC(C)N1C. The highest BCUT2D eigenvalue weighted by atomic mass is 19.4. The molecular formula is C30H35F4N7O2. The van der Waals surface area contributed by atoms with Crippen molar-refractivity contribution in [1.82, 2.24) is 24.6 Å². The van der Waals surface area contributed by atoms with E-state index >= 15 is 4.39 Å². The Morgan fingerprint density at radius 3 is 2.47 bits per heavy atom. The normalized spacial score (nSPS) is 20.3. The molecule has 1 amide bonds. The number of benzene rings is 1. The fraction of sp³-hybridized carbons (Fsp3) is 0.433. The summed E-state index contributed by atoms with van der Waals surface area (Å²) in [5, 5.41) is 6.82. The minimum absolute atomic E-state index is 0.109. The Labute approximate surface area is 246 Å². The maximum absolute atomic E-state index is 15.8. The van der Waals surface area contributed by atoms with E-state index in [2.05, 4.69) is 25.2 Å². The third-order valence-corrected chi connectivity index (χ3v) is 8.31. The second-order valence-corrected chi connectivity index (χ2v) is 11.4. The van der Waals surface area contributed by atoms with Gasteiger partial charge in [-0.1, -0.05) is 6.08 Å². The van der Waals surface area contributed by atoms with E-state index in [4.69, 9.17) is 0 Å². The Kier molecular flexibility index (Phi) is 8.48. The number of nitrogens with zero attached hydrogens (tertiary/aromatic N) is 5. The van der Waals surface area contributed by atoms with Crippen LogP contribution in [0.4, 0.5) is 28.9 Å². The van der Waals surface area contributed by atoms with Crippen molar-refractivity contribution in [1.29, 1.82) is 0 Å². The number of hydrogen-bond acceptors (Lipinski definition) is 6. The number of aryl methyl sites for hydroxylation is 1. The number of carbonyl (C=O) groups excluding carboxylic acids is 1. The molecule has 0 radical (unpaired) electrons. The molecule has 2 N–H and O–H groups in total. The standard InChI is InChI=1S/C30H35F4N7O2/c1-18-14-41(15-19(2)39(18)4)27-11-25(31)22(21-5-7-40(8-6-21)17-20-12-36-38(3)16-20)9-26(27)37-29(43)23-13-35-28(42)10-24(23)30(32,33)34/h5,9-13,16,18-19H,6-8,14-15,17H2,1-4H3,(H,35,42)(H,37,43). The Bertz CT molecular complexity index is 1580. The molecule has 2 unspecified atom stereocenters. The molecule has 0 aliphatic carbocycles. The number of alkyl halides is 3. The molecule has 2 atom stereocenters. The highest BCUT2D eigenvalue weighted by Crippen LogP contribution is 2.37. The van der Waals surface area contributed by atoms with E-state index < -0.39 is 34.6 Å². The first-order chi connectivity index (χ1) is 20.3. The highest BCUT2D eigenvalue weighted by Gasteiger charge is 2.36. The molecule has 1 saturated heterocycles. The monoisotopic (exact) mass is 601 g/mol. The number of piperazine rings is 1. The lowest BCUT2D eigenvalue weighted by Crippen LogP contribution is -2.55. The summed E-state index contributed by atoms with van der Waals surface area (Å²) in [7, 11) is 3.85. The van der Waals surface area contributed by atoms with Gasteiger partial charge in [0.2, 0.25) is 5.56 Å². The first-order valence-electron chi connectivity index (χ1n) is 14.1. The van der Waals surface area contributed by atoms with Crippen LogP contribution in [0.25, 0.3) is 5.57 Å². The Morgan fingerprint density at radius 1 is 1.14 bits per heavy atom. The molecule has 13 heteroatoms. The van der Waals surface area contributed by atoms with Crippen LogP contribution >= 0.6 is 0 Å². The van der Waals surface area contributed by atoms with E-state index in [0.29, 0.717) is 50.9 Å². The van der Waals surface area contributed by atoms with Gasteiger partial charge in [-0.05, 0) is 45.0 Å². The third kappa shape index (κ3) is 6.67. The van der Waals surface area contributed by atoms with Crippen molar-refractivity contribution in [2.45, 2.75) is 45.1 Å². The van der Waals surface area contributed by atoms with Crippen LogP contribution in [0.2, 0.25) is 0 Å². The van der Waals surface area contributed by atoms with Crippen molar-refractivity contribution >= 4 is 22.9 Å². The minimum atomic E-state index is -4.92. The molecule has 9 nitrogen and oxygen atoms in total. The van der Waals surface area contributed by atoms with E-state index in [1.807, 2.05) is 45.1 Å². The van der Waals surface area contributed by atoms with Gasteiger partial charge in [0.1, 0.15) is 5.82 Å². The fourth-order valence-corrected chi connectivity index (χ4v) is 5.77. The van der Waals surface area contributed by atoms with Crippen molar-refractivity contribution in [2.75, 3.05) is 43.4 Å². The van der Waals surface area contributed by atoms with Crippen LogP contribution in [-0.4, -0.2) is 75.8 Å². The van der Waals surface area contributed by atoms with Gasteiger partial charge >= 0.3 is 6.18 Å². The van der Waals surface area contributed by atoms with Crippen molar-refractivity contribution in [3.63, 3.8) is 0 Å². The van der Waals surface area contributed by atoms with Crippen molar-refractivity contribution in [2.24, 2.45) is 7.05 Å². The molecule has 43 heavy (non-hydrogen) atoms. The predicted molar refractivity (Wildman–Crippen MR) is 156 cm³/mol. The van der Waals surface area contributed by atoms with Gasteiger partial charge in [-0.3, -0.25) is 24.1 Å². The van der Waals surface area contributed by atoms with Crippen LogP contribution in [0, 0.1) is 5.82 Å². The molecule has 5 rings (SSSR count). The number of pyridine rings is 1. The summed E-state index contributed by atoms with van der Waals surface area (Å²) in [5.74, 6) is -1.53. The quantitative estimate of drug-likeness (QED) is 0.409. The van der Waals surface area contributed by atoms with E-state index in [1.165, 1.54) is 12.1 Å². The molecule has 1 fully saturated rings. The number of carbonyl (C=O) groups is 1. The van der Waals surface area contributed by atoms with Gasteiger partial charge < -0.3 is 15.2 Å². The van der Waals surface area contributed by atoms with E-state index in [0.717, 1.165) is 17.3 Å². The van der Waals surface area contributed by atoms with Crippen LogP contribution in [0.5, 0.6) is 0 Å². The van der Waals surface area contributed by atoms with Gasteiger partial charge in [-0.25, -0.2) is 4.39 Å². The van der Waals surface area contributed by atoms with Crippen molar-refractivity contribution < 1.29 is 22.4 Å². The van der Waals surface area contributed by atoms with E-state index in [9.17, 15) is 22.8 Å². The van der Waals surface area contributed by atoms with Crippen molar-refractivity contribution in [3.8, 4) is 0 Å². The van der Waals surface area contributed by atoms with E-state index in [-0.39, 0.29) is 23.3 Å². The lowest BCUT2D eigenvalue weighted by molar-refractivity contribution is -0.138. The number of likely N-dealkylation sites (N-methyl/N-ethyl adjacent to an activating group) is 1. The minimum Gasteiger partial charge on any atom is -0.367 e. The van der Waals surface area contributed by atoms with Gasteiger partial charge in [0.15, 0.2) is 0 Å². The zero-order valence-electron chi connectivity index (χ0n) is 24.5. The summed E-state index contributed by atoms with van der Waals surface area (Å²) >= 11 is 0. The zero-order valence-corrected chi connectivity index (χ0v) is 24.5. The number of halogens is 4. The number of aromatic nitrogens is 3. The molecule has 2 aliphatic heterocycles. The van der Waals surface area contributed by atoms with Gasteiger partial charge in [0, 0.05) is 81.4 Å². The molecule has 0 saturated carbocycles. The van der Waals surface area contributed by atoms with Gasteiger partial charge in [0.05, 0.1) is 28.7 Å². The topological polar surface area (TPSA) is 89.5 Å². The number of rotatable bonds is 6. The summed E-state index contributed by atoms with van der Waals surface area (Å²) in [6.07, 6.45) is 2.07. The largest absolute Gasteiger partial charge is 0.417 e. The lowest BCUT2D eigenvalue weighted by Gasteiger charge is -2.44. The lowest BCUT2D eigenvalue weighted by atomic mass is 9.96. The molecular weight excluding hydrogens is 566 g/mol. The smallest absolute Gasteiger partial charge is 0.367 e. The molecule has 2 aliphatic rings. The summed E-state index contributed by atoms with van der Waals surface area (Å²) in [6, 6.07) is 3.45. The first-order valence-corrected chi connectivity index (χ1v) is 14.1. The Balaban J connectivity index is 1.49. The van der Waals surface area contributed by atoms with Gasteiger partial charge in [-0.15, -0.1) is 0 Å². The molecule has 4 heterocycles. The third-order valence-electron chi connectivity index (χ3n) is 8.31. The number of nitrogens with one attached hydrogen (secondary N) is 2. The Hall–Kier alpha value is -3.97. The Morgan fingerprint density at radius 2 is 1.86 bits per heavy atom. The van der Waals surface area contributed by atoms with E-state index in [1.54, 1.807) is 10.9 Å². The van der Waals surface area contributed by atoms with Crippen LogP contribution in [-0.2, 0) is 19.8 Å². The zero-order chi connectivity index (χ0) is 31.1. The first kappa shape index (κ1) is 30.5. The number of anilines is 2. The van der Waals surface area contributed by atoms with Gasteiger partial charge in [0.25, 0.3) is 5.91 Å². The fourth-order valence-electron chi connectivity index (χ4n) is 5.77. The second-order valence-electron chi connectivity index (χ2n) is 11.4. The molecule has 2 aromatic heterocycles. The second kappa shape index (κ2) is 12.0. The maximum atomic E-state index is 15.8. The van der Waals surface area contributed by atoms with Crippen LogP contribution in [0.1, 0.15) is 47.3 Å². The summed E-state index contributed by atoms with van der Waals surface area (Å²) in [5.41, 5.74) is -0.366. The van der Waals surface area contributed by atoms with Gasteiger partial charge in [-0.2, -0.15) is 18.3 Å². The number of hydrogen-bond donors (Lipinski definition) is 2.